The summed E-state index contributed by atoms with van der Waals surface area (Å²) >= 11 is 0. The Hall–Kier alpha value is -1.03. The van der Waals surface area contributed by atoms with Gasteiger partial charge in [0.15, 0.2) is 0 Å². The molecule has 1 aliphatic rings. The largest absolute Gasteiger partial charge is 0.444 e. The summed E-state index contributed by atoms with van der Waals surface area (Å²) in [6.07, 6.45) is 3.29. The van der Waals surface area contributed by atoms with Crippen LogP contribution < -0.4 is 0 Å². The number of aliphatic hydroxyl groups excluding tert-OH is 1. The maximum absolute atomic E-state index is 11.7. The van der Waals surface area contributed by atoms with Crippen LogP contribution in [0.4, 0.5) is 4.79 Å². The summed E-state index contributed by atoms with van der Waals surface area (Å²) in [5.74, 6) is 0. The van der Waals surface area contributed by atoms with Crippen LogP contribution in [0.1, 0.15) is 33.6 Å². The number of nitrogens with zero attached hydrogens (tertiary/aromatic N) is 1. The molecular weight excluding hydrogens is 206 g/mol. The molecule has 16 heavy (non-hydrogen) atoms. The van der Waals surface area contributed by atoms with Gasteiger partial charge in [0.2, 0.25) is 0 Å². The van der Waals surface area contributed by atoms with Crippen molar-refractivity contribution >= 4 is 6.09 Å². The van der Waals surface area contributed by atoms with Crippen LogP contribution in [0.15, 0.2) is 11.6 Å². The molecule has 1 N–H and O–H groups in total. The van der Waals surface area contributed by atoms with E-state index in [1.54, 1.807) is 4.90 Å². The third-order valence-electron chi connectivity index (χ3n) is 2.39. The zero-order chi connectivity index (χ0) is 12.2. The van der Waals surface area contributed by atoms with Gasteiger partial charge >= 0.3 is 6.09 Å². The van der Waals surface area contributed by atoms with E-state index in [0.29, 0.717) is 19.5 Å². The van der Waals surface area contributed by atoms with Crippen LogP contribution in [0.2, 0.25) is 0 Å². The van der Waals surface area contributed by atoms with Crippen molar-refractivity contribution in [3.63, 3.8) is 0 Å². The summed E-state index contributed by atoms with van der Waals surface area (Å²) in [7, 11) is 0. The SMILES string of the molecule is CC(C)(C)OC(=O)N1CC=C(CCO)CC1. The molecule has 0 aromatic rings. The molecule has 92 valence electrons. The fourth-order valence-corrected chi connectivity index (χ4v) is 1.57. The molecule has 0 atom stereocenters. The van der Waals surface area contributed by atoms with Gasteiger partial charge in [-0.15, -0.1) is 0 Å². The van der Waals surface area contributed by atoms with Gasteiger partial charge in [-0.25, -0.2) is 4.79 Å². The highest BCUT2D eigenvalue weighted by Crippen LogP contribution is 2.16. The molecule has 0 aromatic carbocycles. The van der Waals surface area contributed by atoms with E-state index in [9.17, 15) is 4.79 Å². The standard InChI is InChI=1S/C12H21NO3/c1-12(2,3)16-11(15)13-7-4-10(5-8-13)6-9-14/h4,14H,5-9H2,1-3H3. The van der Waals surface area contributed by atoms with Crippen molar-refractivity contribution in [2.24, 2.45) is 0 Å². The fraction of sp³-hybridized carbons (Fsp3) is 0.750. The lowest BCUT2D eigenvalue weighted by Gasteiger charge is -2.29. The first-order valence-corrected chi connectivity index (χ1v) is 5.69. The summed E-state index contributed by atoms with van der Waals surface area (Å²) < 4.78 is 5.28. The smallest absolute Gasteiger partial charge is 0.410 e. The van der Waals surface area contributed by atoms with Crippen LogP contribution in [0.3, 0.4) is 0 Å². The van der Waals surface area contributed by atoms with E-state index in [1.165, 1.54) is 5.57 Å². The van der Waals surface area contributed by atoms with Crippen molar-refractivity contribution in [2.75, 3.05) is 19.7 Å². The summed E-state index contributed by atoms with van der Waals surface area (Å²) in [5.41, 5.74) is 0.786. The maximum Gasteiger partial charge on any atom is 0.410 e. The minimum Gasteiger partial charge on any atom is -0.444 e. The van der Waals surface area contributed by atoms with Crippen LogP contribution in [-0.2, 0) is 4.74 Å². The average molecular weight is 227 g/mol. The number of amides is 1. The third kappa shape index (κ3) is 4.23. The number of ether oxygens (including phenoxy) is 1. The van der Waals surface area contributed by atoms with Crippen molar-refractivity contribution in [3.05, 3.63) is 11.6 Å². The zero-order valence-corrected chi connectivity index (χ0v) is 10.3. The van der Waals surface area contributed by atoms with E-state index in [1.807, 2.05) is 26.8 Å². The molecule has 0 spiro atoms. The van der Waals surface area contributed by atoms with Gasteiger partial charge in [0.05, 0.1) is 0 Å². The Labute approximate surface area is 96.9 Å². The van der Waals surface area contributed by atoms with E-state index < -0.39 is 5.60 Å². The van der Waals surface area contributed by atoms with E-state index in [-0.39, 0.29) is 12.7 Å². The Morgan fingerprint density at radius 1 is 1.56 bits per heavy atom. The molecule has 4 heteroatoms. The molecule has 0 aromatic heterocycles. The summed E-state index contributed by atoms with van der Waals surface area (Å²) in [6, 6.07) is 0. The van der Waals surface area contributed by atoms with Crippen molar-refractivity contribution in [2.45, 2.75) is 39.2 Å². The van der Waals surface area contributed by atoms with Crippen LogP contribution in [0, 0.1) is 0 Å². The number of rotatable bonds is 2. The Kier molecular flexibility index (Phi) is 4.35. The van der Waals surface area contributed by atoms with E-state index in [2.05, 4.69) is 0 Å². The third-order valence-corrected chi connectivity index (χ3v) is 2.39. The highest BCUT2D eigenvalue weighted by Gasteiger charge is 2.23. The predicted octanol–water partition coefficient (Wildman–Crippen LogP) is 1.94. The molecule has 4 nitrogen and oxygen atoms in total. The molecule has 0 fully saturated rings. The van der Waals surface area contributed by atoms with E-state index in [0.717, 1.165) is 6.42 Å². The first-order valence-electron chi connectivity index (χ1n) is 5.69. The van der Waals surface area contributed by atoms with Crippen LogP contribution in [0.25, 0.3) is 0 Å². The van der Waals surface area contributed by atoms with Crippen molar-refractivity contribution in [1.29, 1.82) is 0 Å². The second kappa shape index (κ2) is 5.34. The van der Waals surface area contributed by atoms with E-state index >= 15 is 0 Å². The van der Waals surface area contributed by atoms with Gasteiger partial charge < -0.3 is 14.7 Å². The molecule has 0 bridgehead atoms. The molecule has 1 rings (SSSR count). The molecule has 1 aliphatic heterocycles. The lowest BCUT2D eigenvalue weighted by atomic mass is 10.1. The molecule has 1 heterocycles. The number of aliphatic hydroxyl groups is 1. The first-order chi connectivity index (χ1) is 7.42. The molecule has 0 unspecified atom stereocenters. The van der Waals surface area contributed by atoms with Gasteiger partial charge in [-0.05, 0) is 33.6 Å². The van der Waals surface area contributed by atoms with Crippen molar-refractivity contribution in [3.8, 4) is 0 Å². The Balaban J connectivity index is 2.44. The average Bonchev–Trinajstić information content (AvgIpc) is 2.16. The van der Waals surface area contributed by atoms with Gasteiger partial charge in [-0.3, -0.25) is 0 Å². The fourth-order valence-electron chi connectivity index (χ4n) is 1.57. The lowest BCUT2D eigenvalue weighted by Crippen LogP contribution is -2.39. The summed E-state index contributed by atoms with van der Waals surface area (Å²) in [5, 5.41) is 8.80. The number of carbonyl (C=O) groups excluding carboxylic acids is 1. The van der Waals surface area contributed by atoms with Gasteiger partial charge in [0.25, 0.3) is 0 Å². The minimum absolute atomic E-state index is 0.179. The van der Waals surface area contributed by atoms with Crippen LogP contribution >= 0.6 is 0 Å². The van der Waals surface area contributed by atoms with E-state index in [4.69, 9.17) is 9.84 Å². The second-order valence-corrected chi connectivity index (χ2v) is 5.01. The Bertz CT molecular complexity index is 278. The maximum atomic E-state index is 11.7. The second-order valence-electron chi connectivity index (χ2n) is 5.01. The number of carbonyl (C=O) groups is 1. The number of hydrogen-bond acceptors (Lipinski definition) is 3. The molecule has 0 saturated carbocycles. The van der Waals surface area contributed by atoms with Gasteiger partial charge in [-0.1, -0.05) is 11.6 Å². The van der Waals surface area contributed by atoms with Crippen LogP contribution in [-0.4, -0.2) is 41.4 Å². The predicted molar refractivity (Wildman–Crippen MR) is 62.2 cm³/mol. The number of hydrogen-bond donors (Lipinski definition) is 1. The summed E-state index contributed by atoms with van der Waals surface area (Å²) in [4.78, 5) is 13.4. The molecule has 1 amide bonds. The highest BCUT2D eigenvalue weighted by molar-refractivity contribution is 5.68. The summed E-state index contributed by atoms with van der Waals surface area (Å²) in [6.45, 7) is 7.04. The molecular formula is C12H21NO3. The topological polar surface area (TPSA) is 49.8 Å². The quantitative estimate of drug-likeness (QED) is 0.733. The van der Waals surface area contributed by atoms with Gasteiger partial charge in [0, 0.05) is 19.7 Å². The first kappa shape index (κ1) is 13.0. The highest BCUT2D eigenvalue weighted by atomic mass is 16.6. The van der Waals surface area contributed by atoms with Gasteiger partial charge in [-0.2, -0.15) is 0 Å². The Morgan fingerprint density at radius 3 is 2.69 bits per heavy atom. The monoisotopic (exact) mass is 227 g/mol. The molecule has 0 saturated heterocycles. The van der Waals surface area contributed by atoms with Crippen molar-refractivity contribution in [1.82, 2.24) is 4.90 Å². The van der Waals surface area contributed by atoms with Crippen molar-refractivity contribution < 1.29 is 14.6 Å². The molecule has 0 aliphatic carbocycles. The van der Waals surface area contributed by atoms with Crippen LogP contribution in [0.5, 0.6) is 0 Å². The zero-order valence-electron chi connectivity index (χ0n) is 10.3. The molecule has 0 radical (unpaired) electrons. The Morgan fingerprint density at radius 2 is 2.25 bits per heavy atom. The van der Waals surface area contributed by atoms with Gasteiger partial charge in [0.1, 0.15) is 5.60 Å². The minimum atomic E-state index is -0.438. The normalized spacial score (nSPS) is 17.0. The lowest BCUT2D eigenvalue weighted by molar-refractivity contribution is 0.0265.